The van der Waals surface area contributed by atoms with Crippen molar-refractivity contribution in [2.24, 2.45) is 29.6 Å². The molecule has 2 bridgehead atoms. The molecule has 268 valence electrons. The van der Waals surface area contributed by atoms with E-state index in [1.54, 1.807) is 49.0 Å². The Morgan fingerprint density at radius 1 is 0.885 bits per heavy atom. The first-order valence-electron chi connectivity index (χ1n) is 17.5. The molecule has 4 aromatic rings. The zero-order valence-electron chi connectivity index (χ0n) is 28.8. The molecule has 2 aliphatic carbocycles. The van der Waals surface area contributed by atoms with Crippen LogP contribution < -0.4 is 24.6 Å². The summed E-state index contributed by atoms with van der Waals surface area (Å²) in [4.78, 5) is 71.1. The summed E-state index contributed by atoms with van der Waals surface area (Å²) in [6, 6.07) is 19.6. The summed E-state index contributed by atoms with van der Waals surface area (Å²) in [6.45, 7) is 5.98. The van der Waals surface area contributed by atoms with Crippen LogP contribution in [0.25, 0.3) is 0 Å². The number of hydrogen-bond acceptors (Lipinski definition) is 10. The fraction of sp³-hybridized carbons (Fsp3) is 0.359. The number of anilines is 2. The molecule has 3 fully saturated rings. The summed E-state index contributed by atoms with van der Waals surface area (Å²) in [6.07, 6.45) is 0.746. The van der Waals surface area contributed by atoms with Crippen LogP contribution in [0.15, 0.2) is 76.6 Å². The molecule has 3 aromatic carbocycles. The molecule has 2 saturated carbocycles. The first-order chi connectivity index (χ1) is 25.2. The number of rotatable bonds is 10. The fourth-order valence-electron chi connectivity index (χ4n) is 8.69. The Morgan fingerprint density at radius 3 is 2.33 bits per heavy atom. The summed E-state index contributed by atoms with van der Waals surface area (Å²) >= 11 is 2.80. The first kappa shape index (κ1) is 34.2. The van der Waals surface area contributed by atoms with E-state index in [1.165, 1.54) is 16.2 Å². The molecule has 7 atom stereocenters. The molecule has 3 amide bonds. The predicted octanol–water partition coefficient (Wildman–Crippen LogP) is 6.02. The third-order valence-corrected chi connectivity index (χ3v) is 13.3. The Labute approximate surface area is 308 Å². The number of ether oxygens (including phenoxy) is 3. The highest BCUT2D eigenvalue weighted by Gasteiger charge is 2.69. The maximum absolute atomic E-state index is 14.2. The third kappa shape index (κ3) is 5.79. The van der Waals surface area contributed by atoms with Crippen LogP contribution in [-0.2, 0) is 19.1 Å². The lowest BCUT2D eigenvalue weighted by atomic mass is 9.68. The Bertz CT molecular complexity index is 2130. The Morgan fingerprint density at radius 2 is 1.62 bits per heavy atom. The number of hydrogen-bond donors (Lipinski definition) is 2. The molecular formula is C39H37N3O8S2. The molecule has 8 rings (SSSR count). The second-order valence-corrected chi connectivity index (χ2v) is 15.8. The molecule has 13 heteroatoms. The van der Waals surface area contributed by atoms with Crippen molar-refractivity contribution in [3.8, 4) is 11.5 Å². The van der Waals surface area contributed by atoms with Gasteiger partial charge in [0.15, 0.2) is 18.1 Å². The van der Waals surface area contributed by atoms with Gasteiger partial charge in [-0.1, -0.05) is 35.1 Å². The molecule has 4 unspecified atom stereocenters. The number of aromatic amines is 1. The molecule has 1 aromatic heterocycles. The number of esters is 1. The van der Waals surface area contributed by atoms with Gasteiger partial charge in [0.25, 0.3) is 5.91 Å². The average molecular weight is 740 g/mol. The number of fused-ring (bicyclic) bond motifs is 9. The second-order valence-electron chi connectivity index (χ2n) is 13.6. The van der Waals surface area contributed by atoms with E-state index in [0.29, 0.717) is 35.0 Å². The lowest BCUT2D eigenvalue weighted by Gasteiger charge is -2.43. The van der Waals surface area contributed by atoms with Gasteiger partial charge >= 0.3 is 10.8 Å². The highest BCUT2D eigenvalue weighted by atomic mass is 32.2. The SMILES string of the molecule is CCOC(=O)c1ccc(N2C(=O)C3C(C2=O)[C@@H]2C[C@H]3C3Sc4[nH]c(=O)sc4[C@H](c4ccc(OCC(=O)Nc5ccc(C)cc5)c(OCC)c4)C32)cc1. The number of thioether (sulfide) groups is 1. The van der Waals surface area contributed by atoms with Crippen LogP contribution >= 0.6 is 23.1 Å². The van der Waals surface area contributed by atoms with Gasteiger partial charge in [0.05, 0.1) is 41.3 Å². The van der Waals surface area contributed by atoms with Gasteiger partial charge in [0.1, 0.15) is 0 Å². The number of imide groups is 1. The lowest BCUT2D eigenvalue weighted by Crippen LogP contribution is -2.42. The van der Waals surface area contributed by atoms with Crippen molar-refractivity contribution in [1.82, 2.24) is 4.98 Å². The van der Waals surface area contributed by atoms with Crippen molar-refractivity contribution < 1.29 is 33.4 Å². The van der Waals surface area contributed by atoms with Crippen molar-refractivity contribution in [3.05, 3.63) is 98.0 Å². The summed E-state index contributed by atoms with van der Waals surface area (Å²) in [7, 11) is 0. The minimum absolute atomic E-state index is 0.00818. The zero-order valence-corrected chi connectivity index (χ0v) is 30.4. The predicted molar refractivity (Wildman–Crippen MR) is 196 cm³/mol. The van der Waals surface area contributed by atoms with E-state index in [1.807, 2.05) is 50.2 Å². The number of aromatic nitrogens is 1. The molecule has 0 spiro atoms. The average Bonchev–Trinajstić information content (AvgIpc) is 3.87. The van der Waals surface area contributed by atoms with Crippen molar-refractivity contribution in [3.63, 3.8) is 0 Å². The van der Waals surface area contributed by atoms with Crippen LogP contribution in [0, 0.1) is 36.5 Å². The van der Waals surface area contributed by atoms with Gasteiger partial charge < -0.3 is 24.5 Å². The number of carbonyl (C=O) groups excluding carboxylic acids is 4. The zero-order chi connectivity index (χ0) is 36.3. The number of benzene rings is 3. The number of nitrogens with one attached hydrogen (secondary N) is 2. The maximum atomic E-state index is 14.2. The monoisotopic (exact) mass is 739 g/mol. The quantitative estimate of drug-likeness (QED) is 0.148. The number of thiazole rings is 1. The molecule has 52 heavy (non-hydrogen) atoms. The summed E-state index contributed by atoms with van der Waals surface area (Å²) in [5, 5.41) is 3.66. The van der Waals surface area contributed by atoms with E-state index >= 15 is 0 Å². The molecular weight excluding hydrogens is 703 g/mol. The lowest BCUT2D eigenvalue weighted by molar-refractivity contribution is -0.123. The topological polar surface area (TPSA) is 144 Å². The van der Waals surface area contributed by atoms with Gasteiger partial charge in [-0.3, -0.25) is 24.1 Å². The smallest absolute Gasteiger partial charge is 0.338 e. The summed E-state index contributed by atoms with van der Waals surface area (Å²) in [5.41, 5.74) is 3.48. The van der Waals surface area contributed by atoms with E-state index in [2.05, 4.69) is 10.3 Å². The number of aryl methyl sites for hydroxylation is 1. The van der Waals surface area contributed by atoms with Crippen LogP contribution in [0.2, 0.25) is 0 Å². The number of carbonyl (C=O) groups is 4. The van der Waals surface area contributed by atoms with Gasteiger partial charge in [0.2, 0.25) is 11.8 Å². The highest BCUT2D eigenvalue weighted by molar-refractivity contribution is 8.00. The number of H-pyrrole nitrogens is 1. The summed E-state index contributed by atoms with van der Waals surface area (Å²) in [5.74, 6) is -1.60. The van der Waals surface area contributed by atoms with Gasteiger partial charge in [0, 0.05) is 21.7 Å². The maximum Gasteiger partial charge on any atom is 0.338 e. The van der Waals surface area contributed by atoms with E-state index in [0.717, 1.165) is 27.5 Å². The molecule has 2 aliphatic heterocycles. The van der Waals surface area contributed by atoms with E-state index in [4.69, 9.17) is 14.2 Å². The summed E-state index contributed by atoms with van der Waals surface area (Å²) < 4.78 is 17.1. The Kier molecular flexibility index (Phi) is 8.94. The van der Waals surface area contributed by atoms with Crippen LogP contribution in [0.4, 0.5) is 11.4 Å². The molecule has 1 saturated heterocycles. The second kappa shape index (κ2) is 13.6. The largest absolute Gasteiger partial charge is 0.490 e. The molecule has 3 heterocycles. The van der Waals surface area contributed by atoms with E-state index < -0.39 is 17.8 Å². The van der Waals surface area contributed by atoms with Gasteiger partial charge in [-0.2, -0.15) is 0 Å². The first-order valence-corrected chi connectivity index (χ1v) is 19.2. The standard InChI is InChI=1S/C39H37N3O8S2/c1-4-48-27-16-21(10-15-26(27)50-18-28(43)40-22-11-6-19(3)7-12-22)29-30-24-17-25(33(30)51-35-34(29)52-39(47)41-35)32-31(24)36(44)42(37(32)45)23-13-8-20(9-14-23)38(46)49-5-2/h6-16,24-25,29-33H,4-5,17-18H2,1-3H3,(H,40,43)(H,41,47)/t24-,25-,29-,30?,31?,32?,33?/m1/s1. The van der Waals surface area contributed by atoms with E-state index in [9.17, 15) is 24.0 Å². The van der Waals surface area contributed by atoms with E-state index in [-0.39, 0.29) is 64.7 Å². The molecule has 2 N–H and O–H groups in total. The molecule has 4 aliphatic rings. The van der Waals surface area contributed by atoms with Gasteiger partial charge in [-0.25, -0.2) is 4.79 Å². The minimum atomic E-state index is -0.482. The minimum Gasteiger partial charge on any atom is -0.490 e. The van der Waals surface area contributed by atoms with Crippen LogP contribution in [0.1, 0.15) is 52.5 Å². The van der Waals surface area contributed by atoms with Crippen LogP contribution in [-0.4, -0.2) is 53.7 Å². The van der Waals surface area contributed by atoms with Crippen molar-refractivity contribution in [2.45, 2.75) is 43.4 Å². The van der Waals surface area contributed by atoms with Gasteiger partial charge in [-0.15, -0.1) is 11.8 Å². The third-order valence-electron chi connectivity index (χ3n) is 10.7. The number of nitrogens with zero attached hydrogens (tertiary/aromatic N) is 1. The Hall–Kier alpha value is -4.88. The van der Waals surface area contributed by atoms with Gasteiger partial charge in [-0.05, 0) is 99.0 Å². The van der Waals surface area contributed by atoms with Crippen molar-refractivity contribution in [1.29, 1.82) is 0 Å². The van der Waals surface area contributed by atoms with Crippen LogP contribution in [0.3, 0.4) is 0 Å². The molecule has 11 nitrogen and oxygen atoms in total. The van der Waals surface area contributed by atoms with Crippen molar-refractivity contribution >= 4 is 58.2 Å². The normalized spacial score (nSPS) is 25.4. The number of amides is 3. The van der Waals surface area contributed by atoms with Crippen molar-refractivity contribution in [2.75, 3.05) is 30.0 Å². The highest BCUT2D eigenvalue weighted by Crippen LogP contribution is 2.68. The molecule has 0 radical (unpaired) electrons. The van der Waals surface area contributed by atoms with Crippen LogP contribution in [0.5, 0.6) is 11.5 Å². The fourth-order valence-corrected chi connectivity index (χ4v) is 11.6. The Balaban J connectivity index is 1.08.